The number of halogens is 2. The molecule has 2 aliphatic heterocycles. The first-order valence-corrected chi connectivity index (χ1v) is 17.7. The number of likely N-dealkylation sites (tertiary alicyclic amines) is 1. The lowest BCUT2D eigenvalue weighted by Gasteiger charge is -2.47. The van der Waals surface area contributed by atoms with Crippen LogP contribution in [0.2, 0.25) is 0 Å². The highest BCUT2D eigenvalue weighted by molar-refractivity contribution is 6.04. The zero-order chi connectivity index (χ0) is 36.3. The summed E-state index contributed by atoms with van der Waals surface area (Å²) in [4.78, 5) is 18.3. The number of aromatic nitrogens is 3. The van der Waals surface area contributed by atoms with Gasteiger partial charge in [0.25, 0.3) is 0 Å². The second-order valence-corrected chi connectivity index (χ2v) is 15.5. The maximum Gasteiger partial charge on any atom is 0.319 e. The molecule has 51 heavy (non-hydrogen) atoms. The predicted octanol–water partition coefficient (Wildman–Crippen LogP) is 5.95. The molecule has 3 N–H and O–H groups in total. The monoisotopic (exact) mass is 701 g/mol. The Morgan fingerprint density at radius 1 is 1.06 bits per heavy atom. The number of nitrogens with zero attached hydrogens (tertiary/aromatic N) is 5. The average molecular weight is 702 g/mol. The molecule has 0 amide bonds. The molecule has 3 unspecified atom stereocenters. The third-order valence-electron chi connectivity index (χ3n) is 10.8. The summed E-state index contributed by atoms with van der Waals surface area (Å²) in [6, 6.07) is 5.56. The van der Waals surface area contributed by atoms with E-state index in [1.807, 2.05) is 18.7 Å². The standard InChI is InChI=1S/C39H45F2N5O5/c1-6-25-27(40)12-11-23-18-24(47)19-26(29(23)25)32-31(41)33-30(35(42-32)50-5)34(46-17-8-13-38(4,49)21-46)44-36(43-33)51-22-39-14-7-10-28(39)45(16-9-15-39)20-37(2,3)48/h1,11-12,18-19,28,47-49H,7-10,13-17,20-22H2,2-5H3. The van der Waals surface area contributed by atoms with Crippen LogP contribution in [0.5, 0.6) is 17.6 Å². The van der Waals surface area contributed by atoms with Crippen molar-refractivity contribution in [2.24, 2.45) is 5.41 Å². The summed E-state index contributed by atoms with van der Waals surface area (Å²) in [5.74, 6) is 0.980. The number of hydrogen-bond donors (Lipinski definition) is 3. The topological polar surface area (TPSA) is 124 Å². The minimum Gasteiger partial charge on any atom is -0.508 e. The molecule has 1 aliphatic carbocycles. The highest BCUT2D eigenvalue weighted by atomic mass is 19.1. The van der Waals surface area contributed by atoms with E-state index in [1.54, 1.807) is 6.92 Å². The van der Waals surface area contributed by atoms with E-state index in [2.05, 4.69) is 20.8 Å². The maximum absolute atomic E-state index is 17.2. The first-order valence-electron chi connectivity index (χ1n) is 17.7. The van der Waals surface area contributed by atoms with Gasteiger partial charge < -0.3 is 29.7 Å². The fourth-order valence-corrected chi connectivity index (χ4v) is 8.78. The summed E-state index contributed by atoms with van der Waals surface area (Å²) in [6.45, 7) is 7.93. The van der Waals surface area contributed by atoms with Crippen LogP contribution < -0.4 is 14.4 Å². The van der Waals surface area contributed by atoms with Crippen LogP contribution >= 0.6 is 0 Å². The van der Waals surface area contributed by atoms with E-state index in [0.717, 1.165) is 38.6 Å². The molecular weight excluding hydrogens is 656 g/mol. The highest BCUT2D eigenvalue weighted by Gasteiger charge is 2.49. The van der Waals surface area contributed by atoms with Crippen molar-refractivity contribution >= 4 is 27.5 Å². The number of aromatic hydroxyl groups is 1. The Kier molecular flexibility index (Phi) is 8.97. The van der Waals surface area contributed by atoms with Gasteiger partial charge in [-0.2, -0.15) is 9.97 Å². The van der Waals surface area contributed by atoms with Gasteiger partial charge in [-0.15, -0.1) is 6.42 Å². The number of benzene rings is 2. The zero-order valence-electron chi connectivity index (χ0n) is 29.6. The third kappa shape index (κ3) is 6.52. The van der Waals surface area contributed by atoms with Gasteiger partial charge in [0, 0.05) is 42.0 Å². The summed E-state index contributed by atoms with van der Waals surface area (Å²) < 4.78 is 44.4. The molecule has 2 saturated heterocycles. The number of ether oxygens (including phenoxy) is 2. The van der Waals surface area contributed by atoms with E-state index in [4.69, 9.17) is 20.9 Å². The number of methoxy groups -OCH3 is 1. The summed E-state index contributed by atoms with van der Waals surface area (Å²) in [5.41, 5.74) is -2.45. The maximum atomic E-state index is 17.2. The Balaban J connectivity index is 1.39. The van der Waals surface area contributed by atoms with Crippen molar-refractivity contribution in [2.75, 3.05) is 44.8 Å². The van der Waals surface area contributed by atoms with Gasteiger partial charge in [0.2, 0.25) is 5.88 Å². The number of phenols is 1. The van der Waals surface area contributed by atoms with Crippen LogP contribution in [0.25, 0.3) is 32.9 Å². The van der Waals surface area contributed by atoms with Crippen molar-refractivity contribution in [2.45, 2.75) is 83.0 Å². The summed E-state index contributed by atoms with van der Waals surface area (Å²) in [5, 5.41) is 33.2. The van der Waals surface area contributed by atoms with Gasteiger partial charge in [0.15, 0.2) is 5.82 Å². The Bertz CT molecular complexity index is 2040. The van der Waals surface area contributed by atoms with Gasteiger partial charge in [0.1, 0.15) is 34.0 Å². The van der Waals surface area contributed by atoms with Crippen LogP contribution in [0, 0.1) is 29.4 Å². The minimum atomic E-state index is -1.02. The van der Waals surface area contributed by atoms with Crippen molar-refractivity contribution in [3.8, 4) is 41.2 Å². The van der Waals surface area contributed by atoms with Crippen molar-refractivity contribution in [3.05, 3.63) is 41.5 Å². The van der Waals surface area contributed by atoms with Gasteiger partial charge in [0.05, 0.1) is 30.5 Å². The highest BCUT2D eigenvalue weighted by Crippen LogP contribution is 2.49. The molecule has 270 valence electrons. The number of phenolic OH excluding ortho intramolecular Hbond substituents is 1. The smallest absolute Gasteiger partial charge is 0.319 e. The number of pyridine rings is 1. The van der Waals surface area contributed by atoms with Crippen molar-refractivity contribution in [1.29, 1.82) is 0 Å². The molecule has 0 spiro atoms. The molecule has 10 nitrogen and oxygen atoms in total. The molecule has 3 aliphatic rings. The SMILES string of the molecule is C#Cc1c(F)ccc2cc(O)cc(-c3nc(OC)c4c(N5CCCC(C)(O)C5)nc(OCC56CCCC5N(CC(C)(C)O)CCC6)nc4c3F)c12. The lowest BCUT2D eigenvalue weighted by atomic mass is 9.75. The molecule has 4 heterocycles. The Morgan fingerprint density at radius 3 is 2.55 bits per heavy atom. The number of aliphatic hydroxyl groups is 2. The second kappa shape index (κ2) is 13.0. The normalized spacial score (nSPS) is 24.1. The average Bonchev–Trinajstić information content (AvgIpc) is 3.51. The first-order chi connectivity index (χ1) is 24.2. The molecule has 3 atom stereocenters. The Morgan fingerprint density at radius 2 is 1.82 bits per heavy atom. The van der Waals surface area contributed by atoms with E-state index in [0.29, 0.717) is 43.7 Å². The largest absolute Gasteiger partial charge is 0.508 e. The molecule has 2 aromatic heterocycles. The lowest BCUT2D eigenvalue weighted by molar-refractivity contribution is -0.0431. The van der Waals surface area contributed by atoms with Crippen molar-refractivity contribution in [1.82, 2.24) is 19.9 Å². The summed E-state index contributed by atoms with van der Waals surface area (Å²) >= 11 is 0. The van der Waals surface area contributed by atoms with Gasteiger partial charge in [-0.25, -0.2) is 13.8 Å². The van der Waals surface area contributed by atoms with Crippen LogP contribution in [-0.4, -0.2) is 92.3 Å². The summed E-state index contributed by atoms with van der Waals surface area (Å²) in [7, 11) is 1.40. The molecule has 7 rings (SSSR count). The predicted molar refractivity (Wildman–Crippen MR) is 191 cm³/mol. The summed E-state index contributed by atoms with van der Waals surface area (Å²) in [6.07, 6.45) is 11.9. The van der Waals surface area contributed by atoms with Crippen molar-refractivity contribution < 1.29 is 33.6 Å². The Labute approximate surface area is 296 Å². The molecule has 3 fully saturated rings. The van der Waals surface area contributed by atoms with Crippen LogP contribution in [-0.2, 0) is 0 Å². The van der Waals surface area contributed by atoms with Crippen molar-refractivity contribution in [3.63, 3.8) is 0 Å². The van der Waals surface area contributed by atoms with E-state index in [1.165, 1.54) is 31.4 Å². The molecule has 0 radical (unpaired) electrons. The van der Waals surface area contributed by atoms with Crippen LogP contribution in [0.3, 0.4) is 0 Å². The molecule has 2 aromatic carbocycles. The fourth-order valence-electron chi connectivity index (χ4n) is 8.78. The lowest BCUT2D eigenvalue weighted by Crippen LogP contribution is -2.55. The van der Waals surface area contributed by atoms with Gasteiger partial charge in [-0.1, -0.05) is 18.4 Å². The van der Waals surface area contributed by atoms with Crippen LogP contribution in [0.1, 0.15) is 71.3 Å². The van der Waals surface area contributed by atoms with Crippen LogP contribution in [0.15, 0.2) is 24.3 Å². The molecule has 0 bridgehead atoms. The number of terminal acetylenes is 1. The second-order valence-electron chi connectivity index (χ2n) is 15.5. The zero-order valence-corrected chi connectivity index (χ0v) is 29.6. The molecule has 4 aromatic rings. The number of anilines is 1. The van der Waals surface area contributed by atoms with E-state index >= 15 is 8.78 Å². The molecule has 1 saturated carbocycles. The third-order valence-corrected chi connectivity index (χ3v) is 10.8. The van der Waals surface area contributed by atoms with Gasteiger partial charge in [-0.05, 0) is 89.4 Å². The molecule has 12 heteroatoms. The number of hydrogen-bond acceptors (Lipinski definition) is 10. The Hall–Kier alpha value is -4.31. The van der Waals surface area contributed by atoms with E-state index in [-0.39, 0.29) is 68.8 Å². The fraction of sp³-hybridized carbons (Fsp3) is 0.513. The number of fused-ring (bicyclic) bond motifs is 3. The number of β-amino-alcohol motifs (C(OH)–C–C–N with tert-alkyl or cyclic N) is 2. The van der Waals surface area contributed by atoms with Gasteiger partial charge in [-0.3, -0.25) is 4.90 Å². The van der Waals surface area contributed by atoms with Gasteiger partial charge >= 0.3 is 6.01 Å². The first kappa shape index (κ1) is 35.1. The molecular formula is C39H45F2N5O5. The number of piperidine rings is 2. The van der Waals surface area contributed by atoms with E-state index < -0.39 is 22.8 Å². The van der Waals surface area contributed by atoms with E-state index in [9.17, 15) is 15.3 Å². The minimum absolute atomic E-state index is 0.00677. The number of rotatable bonds is 8. The quantitative estimate of drug-likeness (QED) is 0.190. The van der Waals surface area contributed by atoms with Crippen LogP contribution in [0.4, 0.5) is 14.6 Å².